The highest BCUT2D eigenvalue weighted by atomic mass is 32.2. The molecule has 1 aliphatic rings. The second-order valence-electron chi connectivity index (χ2n) is 7.16. The van der Waals surface area contributed by atoms with Gasteiger partial charge >= 0.3 is 0 Å². The number of nitrogens with zero attached hydrogens (tertiary/aromatic N) is 4. The molecule has 9 heteroatoms. The fourth-order valence-electron chi connectivity index (χ4n) is 3.57. The Labute approximate surface area is 183 Å². The molecule has 7 nitrogen and oxygen atoms in total. The van der Waals surface area contributed by atoms with Crippen LogP contribution in [-0.2, 0) is 17.6 Å². The molecule has 2 aromatic heterocycles. The highest BCUT2D eigenvalue weighted by Gasteiger charge is 2.24. The van der Waals surface area contributed by atoms with Gasteiger partial charge in [-0.15, -0.1) is 21.5 Å². The monoisotopic (exact) mass is 439 g/mol. The molecule has 0 saturated heterocycles. The van der Waals surface area contributed by atoms with E-state index in [2.05, 4.69) is 28.5 Å². The number of hydrogen-bond acceptors (Lipinski definition) is 7. The quantitative estimate of drug-likeness (QED) is 0.582. The molecule has 1 aromatic carbocycles. The van der Waals surface area contributed by atoms with Crippen molar-refractivity contribution in [1.82, 2.24) is 14.8 Å². The number of fused-ring (bicyclic) bond motifs is 1. The third-order valence-corrected chi connectivity index (χ3v) is 7.18. The van der Waals surface area contributed by atoms with Gasteiger partial charge in [0.05, 0.1) is 24.1 Å². The van der Waals surface area contributed by atoms with E-state index < -0.39 is 0 Å². The number of para-hydroxylation sites is 2. The third kappa shape index (κ3) is 4.06. The summed E-state index contributed by atoms with van der Waals surface area (Å²) in [6, 6.07) is 9.85. The summed E-state index contributed by atoms with van der Waals surface area (Å²) in [6.45, 7) is 2.22. The van der Waals surface area contributed by atoms with Crippen LogP contribution in [0.25, 0.3) is 5.69 Å². The number of nitrogens with one attached hydrogen (secondary N) is 1. The van der Waals surface area contributed by atoms with Gasteiger partial charge in [0.25, 0.3) is 0 Å². The molecule has 1 aliphatic carbocycles. The van der Waals surface area contributed by atoms with Gasteiger partial charge in [-0.3, -0.25) is 9.36 Å². The SMILES string of the molecule is COc1ccccc1-n1cnnc1SCC(=O)Nc1sc2c(c1C#N)CCC(C)C2. The first-order valence-corrected chi connectivity index (χ1v) is 11.4. The first-order valence-electron chi connectivity index (χ1n) is 9.61. The van der Waals surface area contributed by atoms with Crippen LogP contribution in [0.4, 0.5) is 5.00 Å². The fraction of sp³-hybridized carbons (Fsp3) is 0.333. The largest absolute Gasteiger partial charge is 0.495 e. The molecular formula is C21H21N5O2S2. The number of hydrogen-bond donors (Lipinski definition) is 1. The maximum Gasteiger partial charge on any atom is 0.235 e. The van der Waals surface area contributed by atoms with Crippen molar-refractivity contribution >= 4 is 34.0 Å². The number of benzene rings is 1. The van der Waals surface area contributed by atoms with Gasteiger partial charge in [0.15, 0.2) is 5.16 Å². The van der Waals surface area contributed by atoms with E-state index in [9.17, 15) is 10.1 Å². The van der Waals surface area contributed by atoms with Crippen molar-refractivity contribution in [1.29, 1.82) is 5.26 Å². The first kappa shape index (κ1) is 20.4. The van der Waals surface area contributed by atoms with Crippen molar-refractivity contribution in [2.45, 2.75) is 31.3 Å². The minimum Gasteiger partial charge on any atom is -0.495 e. The van der Waals surface area contributed by atoms with Crippen LogP contribution < -0.4 is 10.1 Å². The maximum atomic E-state index is 12.6. The normalized spacial score (nSPS) is 15.3. The number of anilines is 1. The number of carbonyl (C=O) groups excluding carboxylic acids is 1. The van der Waals surface area contributed by atoms with E-state index in [4.69, 9.17) is 4.74 Å². The average Bonchev–Trinajstić information content (AvgIpc) is 3.35. The van der Waals surface area contributed by atoms with Crippen LogP contribution in [0.1, 0.15) is 29.3 Å². The van der Waals surface area contributed by atoms with Crippen molar-refractivity contribution in [2.75, 3.05) is 18.2 Å². The molecule has 0 bridgehead atoms. The zero-order valence-corrected chi connectivity index (χ0v) is 18.3. The summed E-state index contributed by atoms with van der Waals surface area (Å²) >= 11 is 2.82. The molecule has 3 aromatic rings. The smallest absolute Gasteiger partial charge is 0.235 e. The Morgan fingerprint density at radius 2 is 2.30 bits per heavy atom. The summed E-state index contributed by atoms with van der Waals surface area (Å²) in [5.74, 6) is 1.30. The number of methoxy groups -OCH3 is 1. The highest BCUT2D eigenvalue weighted by Crippen LogP contribution is 2.39. The summed E-state index contributed by atoms with van der Waals surface area (Å²) in [5.41, 5.74) is 2.54. The van der Waals surface area contributed by atoms with Crippen molar-refractivity contribution < 1.29 is 9.53 Å². The van der Waals surface area contributed by atoms with Crippen LogP contribution in [0.5, 0.6) is 5.75 Å². The molecule has 0 radical (unpaired) electrons. The number of thiophene rings is 1. The predicted octanol–water partition coefficient (Wildman–Crippen LogP) is 4.06. The Bertz CT molecular complexity index is 1120. The number of ether oxygens (including phenoxy) is 1. The van der Waals surface area contributed by atoms with Gasteiger partial charge in [0.1, 0.15) is 23.1 Å². The van der Waals surface area contributed by atoms with Crippen LogP contribution in [0.3, 0.4) is 0 Å². The lowest BCUT2D eigenvalue weighted by Crippen LogP contribution is -2.14. The molecule has 2 heterocycles. The number of aromatic nitrogens is 3. The molecule has 1 N–H and O–H groups in total. The van der Waals surface area contributed by atoms with Crippen molar-refractivity contribution in [3.63, 3.8) is 0 Å². The molecule has 0 fully saturated rings. The van der Waals surface area contributed by atoms with Crippen LogP contribution >= 0.6 is 23.1 Å². The Morgan fingerprint density at radius 3 is 3.10 bits per heavy atom. The first-order chi connectivity index (χ1) is 14.6. The van der Waals surface area contributed by atoms with Crippen LogP contribution in [0, 0.1) is 17.2 Å². The highest BCUT2D eigenvalue weighted by molar-refractivity contribution is 7.99. The lowest BCUT2D eigenvalue weighted by atomic mass is 9.89. The van der Waals surface area contributed by atoms with E-state index in [1.165, 1.54) is 28.0 Å². The van der Waals surface area contributed by atoms with E-state index >= 15 is 0 Å². The Balaban J connectivity index is 1.46. The van der Waals surface area contributed by atoms with Gasteiger partial charge < -0.3 is 10.1 Å². The second kappa shape index (κ2) is 8.90. The summed E-state index contributed by atoms with van der Waals surface area (Å²) in [6.07, 6.45) is 4.56. The summed E-state index contributed by atoms with van der Waals surface area (Å²) in [4.78, 5) is 13.8. The van der Waals surface area contributed by atoms with Gasteiger partial charge in [-0.1, -0.05) is 30.8 Å². The van der Waals surface area contributed by atoms with Gasteiger partial charge in [-0.05, 0) is 42.9 Å². The van der Waals surface area contributed by atoms with E-state index in [-0.39, 0.29) is 11.7 Å². The summed E-state index contributed by atoms with van der Waals surface area (Å²) in [5, 5.41) is 21.9. The summed E-state index contributed by atoms with van der Waals surface area (Å²) in [7, 11) is 1.61. The number of rotatable bonds is 6. The van der Waals surface area contributed by atoms with E-state index in [0.717, 1.165) is 30.5 Å². The van der Waals surface area contributed by atoms with Crippen LogP contribution in [-0.4, -0.2) is 33.5 Å². The Kier molecular flexibility index (Phi) is 6.06. The standard InChI is InChI=1S/C21H21N5O2S2/c1-13-7-8-14-15(10-22)20(30-18(14)9-13)24-19(27)11-29-21-25-23-12-26(21)16-5-3-4-6-17(16)28-2/h3-6,12-13H,7-9,11H2,1-2H3,(H,24,27). The van der Waals surface area contributed by atoms with Gasteiger partial charge in [-0.25, -0.2) is 0 Å². The van der Waals surface area contributed by atoms with Crippen molar-refractivity contribution in [2.24, 2.45) is 5.92 Å². The molecular weight excluding hydrogens is 418 g/mol. The molecule has 1 amide bonds. The number of thioether (sulfide) groups is 1. The molecule has 154 valence electrons. The molecule has 0 spiro atoms. The fourth-order valence-corrected chi connectivity index (χ4v) is 5.67. The zero-order chi connectivity index (χ0) is 21.1. The molecule has 0 saturated carbocycles. The Morgan fingerprint density at radius 1 is 1.47 bits per heavy atom. The lowest BCUT2D eigenvalue weighted by Gasteiger charge is -2.17. The maximum absolute atomic E-state index is 12.6. The van der Waals surface area contributed by atoms with Gasteiger partial charge in [-0.2, -0.15) is 5.26 Å². The van der Waals surface area contributed by atoms with Crippen molar-refractivity contribution in [3.8, 4) is 17.5 Å². The molecule has 1 atom stereocenters. The predicted molar refractivity (Wildman–Crippen MR) is 117 cm³/mol. The van der Waals surface area contributed by atoms with E-state index in [1.54, 1.807) is 18.0 Å². The number of amides is 1. The van der Waals surface area contributed by atoms with Gasteiger partial charge in [0.2, 0.25) is 5.91 Å². The molecule has 30 heavy (non-hydrogen) atoms. The lowest BCUT2D eigenvalue weighted by molar-refractivity contribution is -0.113. The minimum atomic E-state index is -0.169. The number of carbonyl (C=O) groups is 1. The number of nitriles is 1. The van der Waals surface area contributed by atoms with Crippen LogP contribution in [0.2, 0.25) is 0 Å². The molecule has 0 aliphatic heterocycles. The molecule has 1 unspecified atom stereocenters. The van der Waals surface area contributed by atoms with Gasteiger partial charge in [0, 0.05) is 4.88 Å². The molecule has 4 rings (SSSR count). The average molecular weight is 440 g/mol. The van der Waals surface area contributed by atoms with Crippen LogP contribution in [0.15, 0.2) is 35.7 Å². The van der Waals surface area contributed by atoms with E-state index in [0.29, 0.717) is 27.4 Å². The van der Waals surface area contributed by atoms with E-state index in [1.807, 2.05) is 24.3 Å². The third-order valence-electron chi connectivity index (χ3n) is 5.07. The van der Waals surface area contributed by atoms with Crippen molar-refractivity contribution in [3.05, 3.63) is 46.6 Å². The summed E-state index contributed by atoms with van der Waals surface area (Å²) < 4.78 is 7.20. The minimum absolute atomic E-state index is 0.164. The second-order valence-corrected chi connectivity index (χ2v) is 9.21. The Hall–Kier alpha value is -2.83. The zero-order valence-electron chi connectivity index (χ0n) is 16.7. The topological polar surface area (TPSA) is 92.8 Å².